The lowest BCUT2D eigenvalue weighted by atomic mass is 9.92. The van der Waals surface area contributed by atoms with Gasteiger partial charge in [-0.2, -0.15) is 5.10 Å². The Balaban J connectivity index is 1.22. The molecule has 8 nitrogen and oxygen atoms in total. The quantitative estimate of drug-likeness (QED) is 0.683. The van der Waals surface area contributed by atoms with Gasteiger partial charge in [0.2, 0.25) is 11.8 Å². The normalized spacial score (nSPS) is 24.2. The zero-order valence-electron chi connectivity index (χ0n) is 19.0. The van der Waals surface area contributed by atoms with Crippen LogP contribution in [-0.2, 0) is 23.2 Å². The summed E-state index contributed by atoms with van der Waals surface area (Å²) >= 11 is 0. The Kier molecular flexibility index (Phi) is 6.26. The fourth-order valence-electron chi connectivity index (χ4n) is 5.49. The van der Waals surface area contributed by atoms with E-state index in [1.165, 1.54) is 38.0 Å². The molecule has 1 atom stereocenters. The number of nitrogens with one attached hydrogen (secondary N) is 2. The summed E-state index contributed by atoms with van der Waals surface area (Å²) in [6, 6.07) is 6.49. The van der Waals surface area contributed by atoms with Gasteiger partial charge >= 0.3 is 0 Å². The highest BCUT2D eigenvalue weighted by molar-refractivity contribution is 6.02. The Morgan fingerprint density at radius 2 is 1.81 bits per heavy atom. The topological polar surface area (TPSA) is 82.5 Å². The number of carbonyl (C=O) groups excluding carboxylic acids is 2. The third-order valence-electron chi connectivity index (χ3n) is 7.35. The van der Waals surface area contributed by atoms with Gasteiger partial charge in [0.05, 0.1) is 17.1 Å². The molecule has 8 heteroatoms. The minimum atomic E-state index is -0.350. The third kappa shape index (κ3) is 4.58. The third-order valence-corrected chi connectivity index (χ3v) is 7.35. The first kappa shape index (κ1) is 21.6. The van der Waals surface area contributed by atoms with Gasteiger partial charge in [-0.05, 0) is 49.9 Å². The van der Waals surface area contributed by atoms with Crippen molar-refractivity contribution >= 4 is 22.7 Å². The van der Waals surface area contributed by atoms with E-state index >= 15 is 0 Å². The molecule has 3 aliphatic rings. The Morgan fingerprint density at radius 1 is 1.03 bits per heavy atom. The number of hydrogen-bond acceptors (Lipinski definition) is 6. The van der Waals surface area contributed by atoms with Crippen LogP contribution in [0.15, 0.2) is 18.2 Å². The van der Waals surface area contributed by atoms with Crippen molar-refractivity contribution in [2.75, 3.05) is 45.8 Å². The van der Waals surface area contributed by atoms with Crippen molar-refractivity contribution in [1.82, 2.24) is 30.2 Å². The van der Waals surface area contributed by atoms with Gasteiger partial charge in [-0.15, -0.1) is 0 Å². The molecule has 1 unspecified atom stereocenters. The van der Waals surface area contributed by atoms with E-state index in [0.717, 1.165) is 55.2 Å². The summed E-state index contributed by atoms with van der Waals surface area (Å²) in [6.45, 7) is 9.14. The van der Waals surface area contributed by atoms with Gasteiger partial charge in [0.15, 0.2) is 0 Å². The molecule has 0 aliphatic carbocycles. The molecule has 0 bridgehead atoms. The van der Waals surface area contributed by atoms with Crippen molar-refractivity contribution < 1.29 is 9.59 Å². The van der Waals surface area contributed by atoms with Crippen LogP contribution in [0.1, 0.15) is 42.9 Å². The molecular weight excluding hydrogens is 404 g/mol. The highest BCUT2D eigenvalue weighted by atomic mass is 16.2. The van der Waals surface area contributed by atoms with Crippen molar-refractivity contribution in [2.24, 2.45) is 13.0 Å². The highest BCUT2D eigenvalue weighted by Gasteiger charge is 2.31. The second kappa shape index (κ2) is 9.29. The molecule has 0 radical (unpaired) electrons. The van der Waals surface area contributed by atoms with Crippen molar-refractivity contribution in [3.05, 3.63) is 29.5 Å². The predicted molar refractivity (Wildman–Crippen MR) is 123 cm³/mol. The first-order valence-corrected chi connectivity index (χ1v) is 12.0. The number of amides is 2. The number of carbonyl (C=O) groups is 2. The number of fused-ring (bicyclic) bond motifs is 1. The van der Waals surface area contributed by atoms with E-state index < -0.39 is 0 Å². The number of imide groups is 1. The predicted octanol–water partition coefficient (Wildman–Crippen LogP) is 1.21. The molecule has 4 heterocycles. The lowest BCUT2D eigenvalue weighted by molar-refractivity contribution is -0.134. The van der Waals surface area contributed by atoms with E-state index in [9.17, 15) is 9.59 Å². The number of rotatable bonds is 5. The van der Waals surface area contributed by atoms with Gasteiger partial charge in [0.25, 0.3) is 0 Å². The van der Waals surface area contributed by atoms with Gasteiger partial charge in [-0.3, -0.25) is 24.5 Å². The maximum atomic E-state index is 12.3. The highest BCUT2D eigenvalue weighted by Crippen LogP contribution is 2.31. The molecule has 2 N–H and O–H groups in total. The minimum absolute atomic E-state index is 0.189. The fraction of sp³-hybridized carbons (Fsp3) is 0.625. The summed E-state index contributed by atoms with van der Waals surface area (Å²) in [6.07, 6.45) is 3.45. The number of aromatic nitrogens is 2. The largest absolute Gasteiger partial charge is 0.314 e. The first-order chi connectivity index (χ1) is 15.6. The average Bonchev–Trinajstić information content (AvgIpc) is 3.11. The van der Waals surface area contributed by atoms with Crippen molar-refractivity contribution in [2.45, 2.75) is 38.1 Å². The van der Waals surface area contributed by atoms with E-state index in [0.29, 0.717) is 12.8 Å². The number of nitrogens with zero attached hydrogens (tertiary/aromatic N) is 4. The molecule has 3 saturated heterocycles. The van der Waals surface area contributed by atoms with Crippen LogP contribution < -0.4 is 10.6 Å². The maximum Gasteiger partial charge on any atom is 0.235 e. The van der Waals surface area contributed by atoms with Crippen LogP contribution in [0.25, 0.3) is 10.9 Å². The van der Waals surface area contributed by atoms with Crippen LogP contribution >= 0.6 is 0 Å². The summed E-state index contributed by atoms with van der Waals surface area (Å²) in [5.41, 5.74) is 3.12. The summed E-state index contributed by atoms with van der Waals surface area (Å²) < 4.78 is 1.87. The second-order valence-corrected chi connectivity index (χ2v) is 9.63. The zero-order chi connectivity index (χ0) is 22.1. The van der Waals surface area contributed by atoms with Crippen LogP contribution in [0.3, 0.4) is 0 Å². The number of piperidine rings is 2. The molecule has 5 rings (SSSR count). The van der Waals surface area contributed by atoms with Crippen molar-refractivity contribution in [1.29, 1.82) is 0 Å². The van der Waals surface area contributed by atoms with E-state index in [4.69, 9.17) is 0 Å². The van der Waals surface area contributed by atoms with Crippen LogP contribution in [-0.4, -0.2) is 77.2 Å². The smallest absolute Gasteiger partial charge is 0.235 e. The summed E-state index contributed by atoms with van der Waals surface area (Å²) in [7, 11) is 1.93. The lowest BCUT2D eigenvalue weighted by Crippen LogP contribution is -2.46. The molecule has 1 aromatic carbocycles. The van der Waals surface area contributed by atoms with Crippen LogP contribution in [0.5, 0.6) is 0 Å². The molecule has 1 aromatic heterocycles. The number of aryl methyl sites for hydroxylation is 1. The van der Waals surface area contributed by atoms with Crippen LogP contribution in [0, 0.1) is 5.92 Å². The fourth-order valence-corrected chi connectivity index (χ4v) is 5.49. The van der Waals surface area contributed by atoms with Gasteiger partial charge in [0.1, 0.15) is 0 Å². The number of likely N-dealkylation sites (tertiary alicyclic amines) is 1. The van der Waals surface area contributed by atoms with Crippen molar-refractivity contribution in [3.63, 3.8) is 0 Å². The summed E-state index contributed by atoms with van der Waals surface area (Å²) in [5, 5.41) is 11.6. The Morgan fingerprint density at radius 3 is 2.56 bits per heavy atom. The molecule has 172 valence electrons. The molecular formula is C24H34N6O2. The SMILES string of the molecule is Cn1nc(C2CCC(=O)NC2=O)c2ccc(CN3CCC(CN4CCNCC4)CC3)cc21. The standard InChI is InChI=1S/C24H34N6O2/c1-28-21-14-18(2-3-19(21)23(27-28)20-4-5-22(31)26-24(20)32)16-29-10-6-17(7-11-29)15-30-12-8-25-9-13-30/h2-3,14,17,20,25H,4-13,15-16H2,1H3,(H,26,31,32). The van der Waals surface area contributed by atoms with Gasteiger partial charge in [-0.25, -0.2) is 0 Å². The Bertz CT molecular complexity index is 988. The second-order valence-electron chi connectivity index (χ2n) is 9.63. The van der Waals surface area contributed by atoms with Crippen molar-refractivity contribution in [3.8, 4) is 0 Å². The monoisotopic (exact) mass is 438 g/mol. The molecule has 3 fully saturated rings. The maximum absolute atomic E-state index is 12.3. The number of hydrogen-bond donors (Lipinski definition) is 2. The molecule has 32 heavy (non-hydrogen) atoms. The van der Waals surface area contributed by atoms with E-state index in [1.54, 1.807) is 0 Å². The van der Waals surface area contributed by atoms with E-state index in [1.807, 2.05) is 11.7 Å². The lowest BCUT2D eigenvalue weighted by Gasteiger charge is -2.36. The number of piperazine rings is 1. The first-order valence-electron chi connectivity index (χ1n) is 12.0. The summed E-state index contributed by atoms with van der Waals surface area (Å²) in [5.74, 6) is 0.0523. The van der Waals surface area contributed by atoms with Crippen LogP contribution in [0.2, 0.25) is 0 Å². The minimum Gasteiger partial charge on any atom is -0.314 e. The van der Waals surface area contributed by atoms with E-state index in [2.05, 4.69) is 43.7 Å². The van der Waals surface area contributed by atoms with E-state index in [-0.39, 0.29) is 17.7 Å². The molecule has 2 aromatic rings. The van der Waals surface area contributed by atoms with Gasteiger partial charge < -0.3 is 10.2 Å². The van der Waals surface area contributed by atoms with Gasteiger partial charge in [0, 0.05) is 58.1 Å². The molecule has 3 aliphatic heterocycles. The molecule has 0 spiro atoms. The Labute approximate surface area is 189 Å². The number of benzene rings is 1. The van der Waals surface area contributed by atoms with Gasteiger partial charge in [-0.1, -0.05) is 12.1 Å². The Hall–Kier alpha value is -2.29. The van der Waals surface area contributed by atoms with Crippen LogP contribution in [0.4, 0.5) is 0 Å². The summed E-state index contributed by atoms with van der Waals surface area (Å²) in [4.78, 5) is 29.0. The molecule has 2 amide bonds. The molecule has 0 saturated carbocycles. The zero-order valence-corrected chi connectivity index (χ0v) is 19.0. The average molecular weight is 439 g/mol.